The van der Waals surface area contributed by atoms with Gasteiger partial charge in [0.15, 0.2) is 5.78 Å². The van der Waals surface area contributed by atoms with Gasteiger partial charge < -0.3 is 5.32 Å². The predicted molar refractivity (Wildman–Crippen MR) is 89.1 cm³/mol. The highest BCUT2D eigenvalue weighted by molar-refractivity contribution is 9.10. The normalized spacial score (nSPS) is 27.4. The minimum Gasteiger partial charge on any atom is -0.323 e. The molecule has 1 aromatic carbocycles. The molecule has 0 radical (unpaired) electrons. The second kappa shape index (κ2) is 6.07. The highest BCUT2D eigenvalue weighted by atomic mass is 79.9. The van der Waals surface area contributed by atoms with Crippen LogP contribution in [-0.2, 0) is 4.79 Å². The molecular weight excluding hydrogens is 360 g/mol. The molecule has 1 N–H and O–H groups in total. The molecule has 23 heavy (non-hydrogen) atoms. The first-order valence-electron chi connectivity index (χ1n) is 7.87. The summed E-state index contributed by atoms with van der Waals surface area (Å²) in [5.74, 6) is -0.387. The Morgan fingerprint density at radius 1 is 1.30 bits per heavy atom. The van der Waals surface area contributed by atoms with Gasteiger partial charge in [-0.3, -0.25) is 14.5 Å². The summed E-state index contributed by atoms with van der Waals surface area (Å²) in [6.07, 6.45) is 3.57. The molecule has 2 fully saturated rings. The van der Waals surface area contributed by atoms with Gasteiger partial charge in [-0.2, -0.15) is 0 Å². The van der Waals surface area contributed by atoms with Crippen LogP contribution in [-0.4, -0.2) is 34.7 Å². The Morgan fingerprint density at radius 3 is 2.65 bits per heavy atom. The van der Waals surface area contributed by atoms with Gasteiger partial charge in [-0.25, -0.2) is 4.79 Å². The molecule has 1 aliphatic carbocycles. The number of hydrogen-bond donors (Lipinski definition) is 1. The van der Waals surface area contributed by atoms with Crippen molar-refractivity contribution >= 4 is 33.7 Å². The molecule has 5 nitrogen and oxygen atoms in total. The van der Waals surface area contributed by atoms with Crippen molar-refractivity contribution in [1.82, 2.24) is 10.2 Å². The van der Waals surface area contributed by atoms with Crippen LogP contribution in [0.15, 0.2) is 28.7 Å². The summed E-state index contributed by atoms with van der Waals surface area (Å²) >= 11 is 3.32. The summed E-state index contributed by atoms with van der Waals surface area (Å²) in [6.45, 7) is 1.79. The molecule has 122 valence electrons. The van der Waals surface area contributed by atoms with Gasteiger partial charge in [0.05, 0.1) is 6.54 Å². The third-order valence-corrected chi connectivity index (χ3v) is 5.50. The third kappa shape index (κ3) is 2.80. The van der Waals surface area contributed by atoms with Crippen LogP contribution in [0.5, 0.6) is 0 Å². The summed E-state index contributed by atoms with van der Waals surface area (Å²) in [7, 11) is 0. The molecule has 1 saturated heterocycles. The van der Waals surface area contributed by atoms with Crippen LogP contribution in [0.4, 0.5) is 4.79 Å². The Hall–Kier alpha value is -1.69. The Morgan fingerprint density at radius 2 is 2.00 bits per heavy atom. The van der Waals surface area contributed by atoms with E-state index >= 15 is 0 Å². The van der Waals surface area contributed by atoms with Crippen LogP contribution in [0.1, 0.15) is 43.0 Å². The molecule has 1 aliphatic heterocycles. The van der Waals surface area contributed by atoms with Crippen LogP contribution in [0.3, 0.4) is 0 Å². The molecule has 1 heterocycles. The van der Waals surface area contributed by atoms with Crippen molar-refractivity contribution in [2.24, 2.45) is 5.92 Å². The SMILES string of the molecule is C[C@@H]1CCCC[C@@]12NC(=O)N(CC(=O)c1ccc(Br)cc1)C2=O. The van der Waals surface area contributed by atoms with Gasteiger partial charge in [-0.1, -0.05) is 47.8 Å². The van der Waals surface area contributed by atoms with Crippen LogP contribution < -0.4 is 5.32 Å². The summed E-state index contributed by atoms with van der Waals surface area (Å²) in [6, 6.07) is 6.45. The number of urea groups is 1. The van der Waals surface area contributed by atoms with E-state index in [9.17, 15) is 14.4 Å². The number of hydrogen-bond acceptors (Lipinski definition) is 3. The van der Waals surface area contributed by atoms with Gasteiger partial charge in [0, 0.05) is 10.0 Å². The van der Waals surface area contributed by atoms with Crippen molar-refractivity contribution in [2.75, 3.05) is 6.54 Å². The number of ketones is 1. The fourth-order valence-electron chi connectivity index (χ4n) is 3.51. The van der Waals surface area contributed by atoms with E-state index in [2.05, 4.69) is 21.2 Å². The Labute approximate surface area is 143 Å². The topological polar surface area (TPSA) is 66.5 Å². The van der Waals surface area contributed by atoms with E-state index in [0.717, 1.165) is 28.6 Å². The quantitative estimate of drug-likeness (QED) is 0.648. The minimum absolute atomic E-state index is 0.0977. The molecule has 3 rings (SSSR count). The Balaban J connectivity index is 1.78. The number of carbonyl (C=O) groups excluding carboxylic acids is 3. The molecule has 1 spiro atoms. The second-order valence-electron chi connectivity index (χ2n) is 6.37. The van der Waals surface area contributed by atoms with Crippen molar-refractivity contribution in [1.29, 1.82) is 0 Å². The van der Waals surface area contributed by atoms with Crippen LogP contribution in [0.2, 0.25) is 0 Å². The van der Waals surface area contributed by atoms with Gasteiger partial charge in [-0.05, 0) is 30.9 Å². The van der Waals surface area contributed by atoms with Crippen LogP contribution in [0, 0.1) is 5.92 Å². The van der Waals surface area contributed by atoms with Crippen molar-refractivity contribution in [3.05, 3.63) is 34.3 Å². The highest BCUT2D eigenvalue weighted by Crippen LogP contribution is 2.38. The van der Waals surface area contributed by atoms with Gasteiger partial charge in [0.1, 0.15) is 5.54 Å². The lowest BCUT2D eigenvalue weighted by Crippen LogP contribution is -2.54. The number of halogens is 1. The predicted octanol–water partition coefficient (Wildman–Crippen LogP) is 3.13. The maximum absolute atomic E-state index is 12.8. The van der Waals surface area contributed by atoms with Gasteiger partial charge in [-0.15, -0.1) is 0 Å². The standard InChI is InChI=1S/C17H19BrN2O3/c1-11-4-2-3-9-17(11)15(22)20(16(23)19-17)10-14(21)12-5-7-13(18)8-6-12/h5-8,11H,2-4,9-10H2,1H3,(H,19,23)/t11-,17-/m1/s1. The number of rotatable bonds is 3. The Bertz CT molecular complexity index is 658. The first-order valence-corrected chi connectivity index (χ1v) is 8.66. The van der Waals surface area contributed by atoms with E-state index in [0.29, 0.717) is 12.0 Å². The zero-order valence-corrected chi connectivity index (χ0v) is 14.6. The lowest BCUT2D eigenvalue weighted by Gasteiger charge is -2.36. The summed E-state index contributed by atoms with van der Waals surface area (Å²) < 4.78 is 0.874. The van der Waals surface area contributed by atoms with E-state index < -0.39 is 11.6 Å². The van der Waals surface area contributed by atoms with Gasteiger partial charge in [0.2, 0.25) is 0 Å². The lowest BCUT2D eigenvalue weighted by molar-refractivity contribution is -0.133. The lowest BCUT2D eigenvalue weighted by atomic mass is 9.73. The fourth-order valence-corrected chi connectivity index (χ4v) is 3.77. The van der Waals surface area contributed by atoms with E-state index in [1.165, 1.54) is 0 Å². The van der Waals surface area contributed by atoms with Crippen LogP contribution >= 0.6 is 15.9 Å². The maximum Gasteiger partial charge on any atom is 0.325 e. The van der Waals surface area contributed by atoms with Gasteiger partial charge >= 0.3 is 6.03 Å². The fraction of sp³-hybridized carbons (Fsp3) is 0.471. The number of benzene rings is 1. The van der Waals surface area contributed by atoms with E-state index in [-0.39, 0.29) is 24.2 Å². The van der Waals surface area contributed by atoms with Crippen LogP contribution in [0.25, 0.3) is 0 Å². The largest absolute Gasteiger partial charge is 0.325 e. The molecule has 2 aliphatic rings. The maximum atomic E-state index is 12.8. The van der Waals surface area contributed by atoms with Crippen molar-refractivity contribution in [3.63, 3.8) is 0 Å². The van der Waals surface area contributed by atoms with E-state index in [1.807, 2.05) is 6.92 Å². The van der Waals surface area contributed by atoms with E-state index in [4.69, 9.17) is 0 Å². The molecule has 0 aromatic heterocycles. The number of imide groups is 1. The summed E-state index contributed by atoms with van der Waals surface area (Å²) in [4.78, 5) is 38.5. The number of amides is 3. The molecule has 0 bridgehead atoms. The van der Waals surface area contributed by atoms with Crippen molar-refractivity contribution in [3.8, 4) is 0 Å². The summed E-state index contributed by atoms with van der Waals surface area (Å²) in [5.41, 5.74) is -0.318. The molecule has 6 heteroatoms. The molecule has 1 aromatic rings. The van der Waals surface area contributed by atoms with Crippen molar-refractivity contribution in [2.45, 2.75) is 38.1 Å². The zero-order chi connectivity index (χ0) is 16.6. The summed E-state index contributed by atoms with van der Waals surface area (Å²) in [5, 5.41) is 2.86. The monoisotopic (exact) mass is 378 g/mol. The molecule has 0 unspecified atom stereocenters. The number of nitrogens with zero attached hydrogens (tertiary/aromatic N) is 1. The third-order valence-electron chi connectivity index (χ3n) is 4.97. The second-order valence-corrected chi connectivity index (χ2v) is 7.29. The number of carbonyl (C=O) groups is 3. The van der Waals surface area contributed by atoms with E-state index in [1.54, 1.807) is 24.3 Å². The molecule has 3 amide bonds. The molecule has 2 atom stereocenters. The number of nitrogens with one attached hydrogen (secondary N) is 1. The first kappa shape index (κ1) is 16.2. The molecular formula is C17H19BrN2O3. The zero-order valence-electron chi connectivity index (χ0n) is 13.0. The van der Waals surface area contributed by atoms with Gasteiger partial charge in [0.25, 0.3) is 5.91 Å². The minimum atomic E-state index is -0.810. The average molecular weight is 379 g/mol. The van der Waals surface area contributed by atoms with Crippen molar-refractivity contribution < 1.29 is 14.4 Å². The molecule has 1 saturated carbocycles. The Kier molecular flexibility index (Phi) is 4.27. The smallest absolute Gasteiger partial charge is 0.323 e. The first-order chi connectivity index (χ1) is 10.9. The number of Topliss-reactive ketones (excluding diaryl/α,β-unsaturated/α-hetero) is 1. The highest BCUT2D eigenvalue weighted by Gasteiger charge is 2.55. The average Bonchev–Trinajstić information content (AvgIpc) is 2.76.